The van der Waals surface area contributed by atoms with Gasteiger partial charge in [0.2, 0.25) is 0 Å². The Kier molecular flexibility index (Phi) is 4.12. The van der Waals surface area contributed by atoms with Crippen LogP contribution in [0.5, 0.6) is 0 Å². The SMILES string of the molecule is CCC(C)N(C)C(=O)c1nc(N)ccc1Cl. The van der Waals surface area contributed by atoms with Crippen molar-refractivity contribution in [2.45, 2.75) is 26.3 Å². The second-order valence-electron chi connectivity index (χ2n) is 3.74. The van der Waals surface area contributed by atoms with Crippen LogP contribution in [0.1, 0.15) is 30.8 Å². The van der Waals surface area contributed by atoms with Gasteiger partial charge in [-0.15, -0.1) is 0 Å². The van der Waals surface area contributed by atoms with Crippen LogP contribution in [0, 0.1) is 0 Å². The van der Waals surface area contributed by atoms with Gasteiger partial charge in [-0.25, -0.2) is 4.98 Å². The van der Waals surface area contributed by atoms with E-state index in [-0.39, 0.29) is 17.6 Å². The van der Waals surface area contributed by atoms with E-state index in [1.807, 2.05) is 13.8 Å². The number of nitrogens with zero attached hydrogens (tertiary/aromatic N) is 2. The molecule has 0 aliphatic heterocycles. The van der Waals surface area contributed by atoms with Crippen molar-refractivity contribution >= 4 is 23.3 Å². The van der Waals surface area contributed by atoms with Crippen LogP contribution < -0.4 is 5.73 Å². The van der Waals surface area contributed by atoms with Crippen LogP contribution in [0.15, 0.2) is 12.1 Å². The van der Waals surface area contributed by atoms with E-state index in [2.05, 4.69) is 4.98 Å². The summed E-state index contributed by atoms with van der Waals surface area (Å²) in [5, 5.41) is 0.328. The predicted molar refractivity (Wildman–Crippen MR) is 65.5 cm³/mol. The molecule has 5 heteroatoms. The molecule has 1 aromatic rings. The lowest BCUT2D eigenvalue weighted by atomic mass is 10.2. The Hall–Kier alpha value is -1.29. The monoisotopic (exact) mass is 241 g/mol. The highest BCUT2D eigenvalue weighted by Gasteiger charge is 2.20. The minimum absolute atomic E-state index is 0.145. The van der Waals surface area contributed by atoms with E-state index in [0.717, 1.165) is 6.42 Å². The minimum atomic E-state index is -0.202. The molecule has 1 unspecified atom stereocenters. The van der Waals surface area contributed by atoms with Crippen LogP contribution in [0.3, 0.4) is 0 Å². The summed E-state index contributed by atoms with van der Waals surface area (Å²) in [5.41, 5.74) is 5.75. The quantitative estimate of drug-likeness (QED) is 0.883. The van der Waals surface area contributed by atoms with Gasteiger partial charge in [0.15, 0.2) is 0 Å². The first-order chi connectivity index (χ1) is 7.47. The number of nitrogen functional groups attached to an aromatic ring is 1. The fourth-order valence-electron chi connectivity index (χ4n) is 1.25. The normalized spacial score (nSPS) is 12.2. The van der Waals surface area contributed by atoms with E-state index in [9.17, 15) is 4.79 Å². The van der Waals surface area contributed by atoms with Gasteiger partial charge >= 0.3 is 0 Å². The van der Waals surface area contributed by atoms with Gasteiger partial charge in [-0.05, 0) is 25.5 Å². The number of nitrogens with two attached hydrogens (primary N) is 1. The molecule has 4 nitrogen and oxygen atoms in total. The molecule has 0 aliphatic carbocycles. The number of anilines is 1. The maximum atomic E-state index is 12.0. The van der Waals surface area contributed by atoms with Crippen molar-refractivity contribution in [2.24, 2.45) is 0 Å². The van der Waals surface area contributed by atoms with Crippen LogP contribution in [-0.4, -0.2) is 28.9 Å². The average molecular weight is 242 g/mol. The summed E-state index contributed by atoms with van der Waals surface area (Å²) >= 11 is 5.92. The molecule has 2 N–H and O–H groups in total. The molecule has 0 saturated heterocycles. The summed E-state index contributed by atoms with van der Waals surface area (Å²) in [6, 6.07) is 3.30. The third kappa shape index (κ3) is 2.64. The van der Waals surface area contributed by atoms with Gasteiger partial charge in [-0.1, -0.05) is 18.5 Å². The summed E-state index contributed by atoms with van der Waals surface area (Å²) in [6.45, 7) is 3.99. The molecule has 0 aliphatic rings. The maximum Gasteiger partial charge on any atom is 0.274 e. The highest BCUT2D eigenvalue weighted by molar-refractivity contribution is 6.33. The molecule has 0 fully saturated rings. The number of amides is 1. The Balaban J connectivity index is 3.00. The number of aromatic nitrogens is 1. The summed E-state index contributed by atoms with van der Waals surface area (Å²) in [6.07, 6.45) is 0.877. The van der Waals surface area contributed by atoms with Crippen LogP contribution in [-0.2, 0) is 0 Å². The highest BCUT2D eigenvalue weighted by Crippen LogP contribution is 2.18. The van der Waals surface area contributed by atoms with Crippen LogP contribution in [0.25, 0.3) is 0 Å². The van der Waals surface area contributed by atoms with Crippen molar-refractivity contribution in [3.63, 3.8) is 0 Å². The molecule has 1 rings (SSSR count). The number of carbonyl (C=O) groups is 1. The molecule has 0 aromatic carbocycles. The van der Waals surface area contributed by atoms with E-state index in [0.29, 0.717) is 10.8 Å². The van der Waals surface area contributed by atoms with E-state index in [1.54, 1.807) is 24.1 Å². The third-order valence-electron chi connectivity index (χ3n) is 2.64. The van der Waals surface area contributed by atoms with Crippen molar-refractivity contribution in [1.29, 1.82) is 0 Å². The minimum Gasteiger partial charge on any atom is -0.384 e. The molecule has 1 aromatic heterocycles. The number of hydrogen-bond acceptors (Lipinski definition) is 3. The zero-order chi connectivity index (χ0) is 12.3. The van der Waals surface area contributed by atoms with Crippen molar-refractivity contribution in [3.8, 4) is 0 Å². The lowest BCUT2D eigenvalue weighted by Gasteiger charge is -2.23. The van der Waals surface area contributed by atoms with E-state index < -0.39 is 0 Å². The number of carbonyl (C=O) groups excluding carboxylic acids is 1. The molecule has 1 atom stereocenters. The van der Waals surface area contributed by atoms with Crippen LogP contribution in [0.2, 0.25) is 5.02 Å². The van der Waals surface area contributed by atoms with Crippen molar-refractivity contribution in [1.82, 2.24) is 9.88 Å². The maximum absolute atomic E-state index is 12.0. The van der Waals surface area contributed by atoms with Gasteiger partial charge in [-0.2, -0.15) is 0 Å². The van der Waals surface area contributed by atoms with Gasteiger partial charge in [0.25, 0.3) is 5.91 Å². The summed E-state index contributed by atoms with van der Waals surface area (Å²) in [5.74, 6) is 0.0944. The lowest BCUT2D eigenvalue weighted by molar-refractivity contribution is 0.0735. The van der Waals surface area contributed by atoms with Crippen molar-refractivity contribution < 1.29 is 4.79 Å². The second-order valence-corrected chi connectivity index (χ2v) is 4.15. The zero-order valence-electron chi connectivity index (χ0n) is 9.70. The van der Waals surface area contributed by atoms with Crippen LogP contribution >= 0.6 is 11.6 Å². The molecular weight excluding hydrogens is 226 g/mol. The van der Waals surface area contributed by atoms with Gasteiger partial charge in [-0.3, -0.25) is 4.79 Å². The smallest absolute Gasteiger partial charge is 0.274 e. The standard InChI is InChI=1S/C11H16ClN3O/c1-4-7(2)15(3)11(16)10-8(12)5-6-9(13)14-10/h5-7H,4H2,1-3H3,(H2,13,14). The Labute approximate surface area is 100 Å². The molecule has 0 spiro atoms. The first kappa shape index (κ1) is 12.8. The lowest BCUT2D eigenvalue weighted by Crippen LogP contribution is -2.35. The predicted octanol–water partition coefficient (Wildman–Crippen LogP) is 2.19. The van der Waals surface area contributed by atoms with Gasteiger partial charge in [0, 0.05) is 13.1 Å². The molecule has 0 radical (unpaired) electrons. The van der Waals surface area contributed by atoms with E-state index in [1.165, 1.54) is 0 Å². The molecular formula is C11H16ClN3O. The molecule has 0 saturated carbocycles. The Morgan fingerprint density at radius 2 is 2.25 bits per heavy atom. The highest BCUT2D eigenvalue weighted by atomic mass is 35.5. The third-order valence-corrected chi connectivity index (χ3v) is 2.95. The molecule has 16 heavy (non-hydrogen) atoms. The molecule has 1 heterocycles. The second kappa shape index (κ2) is 5.16. The summed E-state index contributed by atoms with van der Waals surface area (Å²) in [7, 11) is 1.73. The molecule has 1 amide bonds. The Bertz CT molecular complexity index is 395. The first-order valence-corrected chi connectivity index (χ1v) is 5.54. The van der Waals surface area contributed by atoms with E-state index in [4.69, 9.17) is 17.3 Å². The largest absolute Gasteiger partial charge is 0.384 e. The number of rotatable bonds is 3. The van der Waals surface area contributed by atoms with Gasteiger partial charge < -0.3 is 10.6 Å². The number of pyridine rings is 1. The van der Waals surface area contributed by atoms with Crippen molar-refractivity contribution in [2.75, 3.05) is 12.8 Å². The number of hydrogen-bond donors (Lipinski definition) is 1. The summed E-state index contributed by atoms with van der Waals surface area (Å²) < 4.78 is 0. The van der Waals surface area contributed by atoms with Crippen molar-refractivity contribution in [3.05, 3.63) is 22.8 Å². The topological polar surface area (TPSA) is 59.2 Å². The number of halogens is 1. The molecule has 0 bridgehead atoms. The fourth-order valence-corrected chi connectivity index (χ4v) is 1.43. The Morgan fingerprint density at radius 1 is 1.62 bits per heavy atom. The van der Waals surface area contributed by atoms with Crippen LogP contribution in [0.4, 0.5) is 5.82 Å². The van der Waals surface area contributed by atoms with E-state index >= 15 is 0 Å². The summed E-state index contributed by atoms with van der Waals surface area (Å²) in [4.78, 5) is 17.6. The zero-order valence-corrected chi connectivity index (χ0v) is 10.5. The van der Waals surface area contributed by atoms with Gasteiger partial charge in [0.1, 0.15) is 11.5 Å². The fraction of sp³-hybridized carbons (Fsp3) is 0.455. The first-order valence-electron chi connectivity index (χ1n) is 5.16. The Morgan fingerprint density at radius 3 is 2.81 bits per heavy atom. The molecule has 88 valence electrons. The van der Waals surface area contributed by atoms with Gasteiger partial charge in [0.05, 0.1) is 5.02 Å². The average Bonchev–Trinajstić information content (AvgIpc) is 2.29.